The summed E-state index contributed by atoms with van der Waals surface area (Å²) in [5, 5.41) is 20.0. The highest BCUT2D eigenvalue weighted by Gasteiger charge is 2.30. The van der Waals surface area contributed by atoms with Crippen molar-refractivity contribution in [2.75, 3.05) is 6.61 Å². The van der Waals surface area contributed by atoms with Crippen molar-refractivity contribution >= 4 is 14.2 Å². The van der Waals surface area contributed by atoms with Crippen LogP contribution in [0.2, 0.25) is 0 Å². The van der Waals surface area contributed by atoms with Crippen molar-refractivity contribution in [1.82, 2.24) is 4.67 Å². The smallest absolute Gasteiger partial charge is 0.275 e. The van der Waals surface area contributed by atoms with Gasteiger partial charge in [0.1, 0.15) is 0 Å². The first-order chi connectivity index (χ1) is 11.8. The van der Waals surface area contributed by atoms with Gasteiger partial charge in [-0.2, -0.15) is 5.26 Å². The average molecular weight is 367 g/mol. The zero-order valence-electron chi connectivity index (χ0n) is 15.4. The molecule has 138 valence electrons. The molecule has 0 heterocycles. The van der Waals surface area contributed by atoms with Gasteiger partial charge in [0.05, 0.1) is 35.7 Å². The normalized spacial score (nSPS) is 13.9. The molecule has 0 saturated heterocycles. The summed E-state index contributed by atoms with van der Waals surface area (Å²) >= 11 is 0. The summed E-state index contributed by atoms with van der Waals surface area (Å²) in [6.07, 6.45) is -0.235. The molecule has 7 nitrogen and oxygen atoms in total. The second-order valence-electron chi connectivity index (χ2n) is 6.11. The summed E-state index contributed by atoms with van der Waals surface area (Å²) < 4.78 is 14.0. The van der Waals surface area contributed by atoms with Crippen LogP contribution < -0.4 is 0 Å². The third kappa shape index (κ3) is 6.33. The molecule has 8 heteroatoms. The highest BCUT2D eigenvalue weighted by molar-refractivity contribution is 7.44. The van der Waals surface area contributed by atoms with Gasteiger partial charge >= 0.3 is 0 Å². The Kier molecular flexibility index (Phi) is 8.95. The second-order valence-corrected chi connectivity index (χ2v) is 7.52. The van der Waals surface area contributed by atoms with Gasteiger partial charge in [0.2, 0.25) is 0 Å². The van der Waals surface area contributed by atoms with Gasteiger partial charge in [-0.25, -0.2) is 4.67 Å². The van der Waals surface area contributed by atoms with Crippen LogP contribution >= 0.6 is 8.53 Å². The van der Waals surface area contributed by atoms with Crippen LogP contribution in [0.25, 0.3) is 0 Å². The van der Waals surface area contributed by atoms with E-state index in [4.69, 9.17) is 14.3 Å². The van der Waals surface area contributed by atoms with E-state index >= 15 is 0 Å². The highest BCUT2D eigenvalue weighted by atomic mass is 31.2. The first-order valence-corrected chi connectivity index (χ1v) is 9.40. The maximum absolute atomic E-state index is 11.3. The molecule has 2 unspecified atom stereocenters. The van der Waals surface area contributed by atoms with Crippen molar-refractivity contribution in [3.63, 3.8) is 0 Å². The Morgan fingerprint density at radius 2 is 1.84 bits per heavy atom. The number of nitriles is 1. The van der Waals surface area contributed by atoms with Crippen LogP contribution in [0.1, 0.15) is 52.7 Å². The van der Waals surface area contributed by atoms with Gasteiger partial charge in [-0.1, -0.05) is 12.1 Å². The number of benzene rings is 1. The molecule has 0 N–H and O–H groups in total. The third-order valence-corrected chi connectivity index (χ3v) is 5.68. The molecule has 1 aromatic carbocycles. The van der Waals surface area contributed by atoms with E-state index in [-0.39, 0.29) is 30.8 Å². The van der Waals surface area contributed by atoms with E-state index in [2.05, 4.69) is 10.7 Å². The van der Waals surface area contributed by atoms with E-state index in [9.17, 15) is 10.1 Å². The largest absolute Gasteiger partial charge is 0.321 e. The van der Waals surface area contributed by atoms with Crippen molar-refractivity contribution in [2.24, 2.45) is 0 Å². The lowest BCUT2D eigenvalue weighted by Crippen LogP contribution is -2.33. The Labute approximate surface area is 150 Å². The van der Waals surface area contributed by atoms with Crippen molar-refractivity contribution in [2.45, 2.75) is 59.2 Å². The van der Waals surface area contributed by atoms with E-state index < -0.39 is 19.6 Å². The lowest BCUT2D eigenvalue weighted by Gasteiger charge is -2.36. The molecule has 0 aliphatic heterocycles. The topological polar surface area (TPSA) is 88.6 Å². The summed E-state index contributed by atoms with van der Waals surface area (Å²) in [6, 6.07) is 8.95. The van der Waals surface area contributed by atoms with Gasteiger partial charge in [-0.3, -0.25) is 10.1 Å². The van der Waals surface area contributed by atoms with Crippen LogP contribution in [-0.4, -0.2) is 28.3 Å². The molecular weight excluding hydrogens is 341 g/mol. The number of rotatable bonds is 10. The number of hydrogen-bond donors (Lipinski definition) is 0. The predicted octanol–water partition coefficient (Wildman–Crippen LogP) is 4.95. The lowest BCUT2D eigenvalue weighted by atomic mass is 10.1. The maximum atomic E-state index is 11.3. The number of nitro benzene ring substituents is 1. The molecule has 1 aromatic rings. The Hall–Kier alpha value is -1.58. The molecule has 25 heavy (non-hydrogen) atoms. The standard InChI is InChI=1S/C17H26N3O4P/c1-13(2)19(14(3)4)25(23-12-8-11-18)24-15(5)16-9-6-7-10-17(16)20(21)22/h6-7,9-10,13-15H,8,12H2,1-5H3. The molecule has 0 spiro atoms. The van der Waals surface area contributed by atoms with Crippen LogP contribution in [0.5, 0.6) is 0 Å². The molecule has 0 aliphatic rings. The van der Waals surface area contributed by atoms with Crippen molar-refractivity contribution in [3.8, 4) is 6.07 Å². The molecular formula is C17H26N3O4P. The molecule has 0 bridgehead atoms. The summed E-state index contributed by atoms with van der Waals surface area (Å²) in [6.45, 7) is 10.2. The van der Waals surface area contributed by atoms with Crippen LogP contribution in [0.4, 0.5) is 5.69 Å². The molecule has 0 aromatic heterocycles. The van der Waals surface area contributed by atoms with E-state index in [1.54, 1.807) is 25.1 Å². The summed E-state index contributed by atoms with van der Waals surface area (Å²) in [5.41, 5.74) is 0.541. The Bertz CT molecular complexity index is 596. The molecule has 1 rings (SSSR count). The van der Waals surface area contributed by atoms with Crippen molar-refractivity contribution < 1.29 is 14.0 Å². The van der Waals surface area contributed by atoms with Gasteiger partial charge in [0.25, 0.3) is 14.2 Å². The van der Waals surface area contributed by atoms with Crippen molar-refractivity contribution in [1.29, 1.82) is 5.26 Å². The third-order valence-electron chi connectivity index (χ3n) is 3.48. The fraction of sp³-hybridized carbons (Fsp3) is 0.588. The SMILES string of the molecule is CC(OP(OCCC#N)N(C(C)C)C(C)C)c1ccccc1[N+](=O)[O-]. The molecule has 2 atom stereocenters. The van der Waals surface area contributed by atoms with Crippen molar-refractivity contribution in [3.05, 3.63) is 39.9 Å². The number of hydrogen-bond acceptors (Lipinski definition) is 6. The predicted molar refractivity (Wildman–Crippen MR) is 97.8 cm³/mol. The zero-order chi connectivity index (χ0) is 19.0. The quantitative estimate of drug-likeness (QED) is 0.252. The fourth-order valence-corrected chi connectivity index (χ4v) is 4.17. The molecule has 0 amide bonds. The highest BCUT2D eigenvalue weighted by Crippen LogP contribution is 2.50. The number of nitro groups is 1. The van der Waals surface area contributed by atoms with E-state index in [1.165, 1.54) is 6.07 Å². The first kappa shape index (κ1) is 21.5. The minimum atomic E-state index is -1.45. The monoisotopic (exact) mass is 367 g/mol. The van der Waals surface area contributed by atoms with E-state index in [0.29, 0.717) is 5.56 Å². The maximum Gasteiger partial charge on any atom is 0.275 e. The number of nitrogens with zero attached hydrogens (tertiary/aromatic N) is 3. The zero-order valence-corrected chi connectivity index (χ0v) is 16.3. The van der Waals surface area contributed by atoms with Crippen LogP contribution in [-0.2, 0) is 9.05 Å². The molecule has 0 saturated carbocycles. The average Bonchev–Trinajstić information content (AvgIpc) is 2.54. The number of para-hydroxylation sites is 1. The molecule has 0 radical (unpaired) electrons. The fourth-order valence-electron chi connectivity index (χ4n) is 2.48. The summed E-state index contributed by atoms with van der Waals surface area (Å²) in [4.78, 5) is 10.8. The van der Waals surface area contributed by atoms with Gasteiger partial charge in [0.15, 0.2) is 0 Å². The van der Waals surface area contributed by atoms with Gasteiger partial charge in [0, 0.05) is 18.2 Å². The van der Waals surface area contributed by atoms with Gasteiger partial charge in [-0.05, 0) is 40.7 Å². The second kappa shape index (κ2) is 10.4. The minimum Gasteiger partial charge on any atom is -0.321 e. The van der Waals surface area contributed by atoms with Crippen LogP contribution in [0.3, 0.4) is 0 Å². The van der Waals surface area contributed by atoms with Crippen LogP contribution in [0, 0.1) is 21.4 Å². The van der Waals surface area contributed by atoms with E-state index in [1.807, 2.05) is 27.7 Å². The Morgan fingerprint density at radius 3 is 2.36 bits per heavy atom. The van der Waals surface area contributed by atoms with Gasteiger partial charge < -0.3 is 9.05 Å². The van der Waals surface area contributed by atoms with Gasteiger partial charge in [-0.15, -0.1) is 0 Å². The van der Waals surface area contributed by atoms with Crippen LogP contribution in [0.15, 0.2) is 24.3 Å². The molecule has 0 aliphatic carbocycles. The molecule has 0 fully saturated rings. The Morgan fingerprint density at radius 1 is 1.24 bits per heavy atom. The summed E-state index contributed by atoms with van der Waals surface area (Å²) in [5.74, 6) is 0. The lowest BCUT2D eigenvalue weighted by molar-refractivity contribution is -0.386. The minimum absolute atomic E-state index is 0.0302. The summed E-state index contributed by atoms with van der Waals surface area (Å²) in [7, 11) is -1.45. The Balaban J connectivity index is 3.03. The van der Waals surface area contributed by atoms with E-state index in [0.717, 1.165) is 0 Å². The first-order valence-electron chi connectivity index (χ1n) is 8.27.